The lowest BCUT2D eigenvalue weighted by atomic mass is 10.2. The molecular formula is C7H14FN. The lowest BCUT2D eigenvalue weighted by Gasteiger charge is -2.15. The van der Waals surface area contributed by atoms with E-state index in [1.54, 1.807) is 0 Å². The van der Waals surface area contributed by atoms with Gasteiger partial charge in [-0.3, -0.25) is 0 Å². The van der Waals surface area contributed by atoms with Crippen molar-refractivity contribution in [2.24, 2.45) is 0 Å². The molecule has 1 heterocycles. The van der Waals surface area contributed by atoms with Crippen molar-refractivity contribution >= 4 is 0 Å². The Balaban J connectivity index is 2.38. The molecule has 1 unspecified atom stereocenters. The Morgan fingerprint density at radius 3 is 2.56 bits per heavy atom. The number of hydrogen-bond acceptors (Lipinski definition) is 1. The first kappa shape index (κ1) is 7.00. The molecule has 0 aromatic carbocycles. The molecular weight excluding hydrogens is 117 g/mol. The van der Waals surface area contributed by atoms with Gasteiger partial charge in [-0.1, -0.05) is 6.92 Å². The van der Waals surface area contributed by atoms with Crippen LogP contribution in [-0.4, -0.2) is 30.7 Å². The van der Waals surface area contributed by atoms with Gasteiger partial charge in [0.15, 0.2) is 0 Å². The van der Waals surface area contributed by atoms with Gasteiger partial charge in [0, 0.05) is 12.6 Å². The molecule has 0 saturated carbocycles. The summed E-state index contributed by atoms with van der Waals surface area (Å²) in [5, 5.41) is 0. The van der Waals surface area contributed by atoms with E-state index < -0.39 is 6.17 Å². The van der Waals surface area contributed by atoms with Crippen molar-refractivity contribution in [2.75, 3.05) is 13.6 Å². The van der Waals surface area contributed by atoms with Crippen LogP contribution in [0, 0.1) is 0 Å². The lowest BCUT2D eigenvalue weighted by molar-refractivity contribution is 0.290. The molecule has 0 radical (unpaired) electrons. The van der Waals surface area contributed by atoms with Crippen molar-refractivity contribution in [2.45, 2.75) is 32.0 Å². The second kappa shape index (κ2) is 2.65. The molecule has 9 heavy (non-hydrogen) atoms. The van der Waals surface area contributed by atoms with Crippen molar-refractivity contribution in [3.8, 4) is 0 Å². The number of alkyl halides is 1. The van der Waals surface area contributed by atoms with Crippen molar-refractivity contribution in [3.63, 3.8) is 0 Å². The fraction of sp³-hybridized carbons (Fsp3) is 1.00. The minimum absolute atomic E-state index is 0.500. The van der Waals surface area contributed by atoms with Crippen LogP contribution in [0.2, 0.25) is 0 Å². The molecule has 0 bridgehead atoms. The van der Waals surface area contributed by atoms with Gasteiger partial charge < -0.3 is 4.90 Å². The van der Waals surface area contributed by atoms with E-state index in [1.807, 2.05) is 7.05 Å². The zero-order valence-corrected chi connectivity index (χ0v) is 6.10. The van der Waals surface area contributed by atoms with Crippen LogP contribution >= 0.6 is 0 Å². The molecule has 1 fully saturated rings. The molecule has 1 aliphatic heterocycles. The van der Waals surface area contributed by atoms with Gasteiger partial charge in [0.1, 0.15) is 6.17 Å². The molecule has 2 heteroatoms. The maximum absolute atomic E-state index is 12.6. The van der Waals surface area contributed by atoms with Crippen LogP contribution < -0.4 is 0 Å². The summed E-state index contributed by atoms with van der Waals surface area (Å²) in [6.07, 6.45) is 1.25. The Labute approximate surface area is 55.8 Å². The fourth-order valence-corrected chi connectivity index (χ4v) is 1.49. The monoisotopic (exact) mass is 131 g/mol. The van der Waals surface area contributed by atoms with Crippen molar-refractivity contribution < 1.29 is 4.39 Å². The van der Waals surface area contributed by atoms with Crippen LogP contribution in [0.3, 0.4) is 0 Å². The van der Waals surface area contributed by atoms with Crippen LogP contribution in [0.5, 0.6) is 0 Å². The molecule has 54 valence electrons. The molecule has 1 rings (SSSR count). The van der Waals surface area contributed by atoms with E-state index in [2.05, 4.69) is 11.8 Å². The highest BCUT2D eigenvalue weighted by molar-refractivity contribution is 4.81. The molecule has 1 saturated heterocycles. The van der Waals surface area contributed by atoms with Gasteiger partial charge in [0.05, 0.1) is 0 Å². The number of rotatable bonds is 1. The Kier molecular flexibility index (Phi) is 2.06. The first-order valence-electron chi connectivity index (χ1n) is 3.58. The third kappa shape index (κ3) is 1.42. The first-order chi connectivity index (χ1) is 4.24. The lowest BCUT2D eigenvalue weighted by Crippen LogP contribution is -2.23. The van der Waals surface area contributed by atoms with E-state index in [9.17, 15) is 4.39 Å². The standard InChI is InChI=1S/C7H14FN/c1-3-7-4-6(8)5-9(7)2/h6-7H,3-5H2,1-2H3/t6-,7?/m1/s1. The Hall–Kier alpha value is -0.110. The highest BCUT2D eigenvalue weighted by Gasteiger charge is 2.27. The minimum atomic E-state index is -0.569. The van der Waals surface area contributed by atoms with Gasteiger partial charge in [0.25, 0.3) is 0 Å². The van der Waals surface area contributed by atoms with Gasteiger partial charge in [-0.15, -0.1) is 0 Å². The van der Waals surface area contributed by atoms with Crippen molar-refractivity contribution in [3.05, 3.63) is 0 Å². The Morgan fingerprint density at radius 2 is 2.33 bits per heavy atom. The van der Waals surface area contributed by atoms with E-state index in [0.717, 1.165) is 12.8 Å². The molecule has 1 nitrogen and oxygen atoms in total. The van der Waals surface area contributed by atoms with E-state index in [1.165, 1.54) is 0 Å². The highest BCUT2D eigenvalue weighted by Crippen LogP contribution is 2.19. The zero-order valence-electron chi connectivity index (χ0n) is 6.10. The van der Waals surface area contributed by atoms with Crippen molar-refractivity contribution in [1.82, 2.24) is 4.90 Å². The van der Waals surface area contributed by atoms with Crippen LogP contribution in [0.4, 0.5) is 4.39 Å². The van der Waals surface area contributed by atoms with E-state index in [-0.39, 0.29) is 0 Å². The summed E-state index contributed by atoms with van der Waals surface area (Å²) >= 11 is 0. The van der Waals surface area contributed by atoms with E-state index in [4.69, 9.17) is 0 Å². The third-order valence-electron chi connectivity index (χ3n) is 2.11. The highest BCUT2D eigenvalue weighted by atomic mass is 19.1. The second-order valence-corrected chi connectivity index (χ2v) is 2.83. The summed E-state index contributed by atoms with van der Waals surface area (Å²) in [5.41, 5.74) is 0. The van der Waals surface area contributed by atoms with Gasteiger partial charge in [-0.25, -0.2) is 4.39 Å². The first-order valence-corrected chi connectivity index (χ1v) is 3.58. The molecule has 0 aromatic heterocycles. The summed E-state index contributed by atoms with van der Waals surface area (Å²) < 4.78 is 12.6. The fourth-order valence-electron chi connectivity index (χ4n) is 1.49. The summed E-state index contributed by atoms with van der Waals surface area (Å²) in [6.45, 7) is 2.75. The van der Waals surface area contributed by atoms with Gasteiger partial charge in [0.2, 0.25) is 0 Å². The third-order valence-corrected chi connectivity index (χ3v) is 2.11. The molecule has 2 atom stereocenters. The number of hydrogen-bond donors (Lipinski definition) is 0. The zero-order chi connectivity index (χ0) is 6.85. The summed E-state index contributed by atoms with van der Waals surface area (Å²) in [7, 11) is 1.99. The average molecular weight is 131 g/mol. The van der Waals surface area contributed by atoms with Crippen molar-refractivity contribution in [1.29, 1.82) is 0 Å². The minimum Gasteiger partial charge on any atom is -0.300 e. The van der Waals surface area contributed by atoms with E-state index >= 15 is 0 Å². The van der Waals surface area contributed by atoms with Crippen LogP contribution in [-0.2, 0) is 0 Å². The SMILES string of the molecule is CCC1C[C@@H](F)CN1C. The predicted molar refractivity (Wildman–Crippen MR) is 36.2 cm³/mol. The van der Waals surface area contributed by atoms with Crippen LogP contribution in [0.25, 0.3) is 0 Å². The predicted octanol–water partition coefficient (Wildman–Crippen LogP) is 1.44. The molecule has 0 spiro atoms. The van der Waals surface area contributed by atoms with Crippen LogP contribution in [0.15, 0.2) is 0 Å². The molecule has 1 aliphatic rings. The molecule has 0 N–H and O–H groups in total. The van der Waals surface area contributed by atoms with Gasteiger partial charge in [-0.05, 0) is 19.9 Å². The summed E-state index contributed by atoms with van der Waals surface area (Å²) in [5.74, 6) is 0. The largest absolute Gasteiger partial charge is 0.300 e. The average Bonchev–Trinajstić information content (AvgIpc) is 2.10. The topological polar surface area (TPSA) is 3.24 Å². The number of nitrogens with zero attached hydrogens (tertiary/aromatic N) is 1. The Bertz CT molecular complexity index is 94.9. The summed E-state index contributed by atoms with van der Waals surface area (Å²) in [6, 6.07) is 0.500. The maximum atomic E-state index is 12.6. The quantitative estimate of drug-likeness (QED) is 0.520. The molecule has 0 aliphatic carbocycles. The van der Waals surface area contributed by atoms with Gasteiger partial charge >= 0.3 is 0 Å². The van der Waals surface area contributed by atoms with Gasteiger partial charge in [-0.2, -0.15) is 0 Å². The molecule has 0 amide bonds. The maximum Gasteiger partial charge on any atom is 0.114 e. The number of likely N-dealkylation sites (tertiary alicyclic amines) is 1. The smallest absolute Gasteiger partial charge is 0.114 e. The normalized spacial score (nSPS) is 37.7. The Morgan fingerprint density at radius 1 is 1.67 bits per heavy atom. The number of halogens is 1. The molecule has 0 aromatic rings. The van der Waals surface area contributed by atoms with E-state index in [0.29, 0.717) is 12.6 Å². The second-order valence-electron chi connectivity index (χ2n) is 2.83. The summed E-state index contributed by atoms with van der Waals surface area (Å²) in [4.78, 5) is 2.10. The van der Waals surface area contributed by atoms with Crippen LogP contribution in [0.1, 0.15) is 19.8 Å².